The van der Waals surface area contributed by atoms with Crippen LogP contribution in [0.15, 0.2) is 42.5 Å². The molecule has 30 heavy (non-hydrogen) atoms. The average molecular weight is 415 g/mol. The zero-order valence-corrected chi connectivity index (χ0v) is 16.1. The van der Waals surface area contributed by atoms with Crippen molar-refractivity contribution in [3.05, 3.63) is 64.7 Å². The first-order chi connectivity index (χ1) is 14.3. The van der Waals surface area contributed by atoms with Gasteiger partial charge in [0.25, 0.3) is 0 Å². The second-order valence-corrected chi connectivity index (χ2v) is 7.47. The third kappa shape index (κ3) is 4.25. The number of Topliss-reactive ketones (excluding diaryl/α,β-unsaturated/α-hetero) is 1. The Morgan fingerprint density at radius 2 is 1.83 bits per heavy atom. The van der Waals surface area contributed by atoms with Crippen LogP contribution in [0.5, 0.6) is 5.75 Å². The van der Waals surface area contributed by atoms with E-state index in [2.05, 4.69) is 5.32 Å². The zero-order chi connectivity index (χ0) is 21.3. The standard InChI is InChI=1S/C23H20F3NO3/c24-23(25,26)16-7-9-18-15(4-2-10-30-21(18)12-16)11-22(29)27-17-8-6-14-3-1-5-20(28)19(14)13-17/h6-9,11-13H,1-5,10H2,(H,27,29)/b15-11+. The molecule has 4 rings (SSSR count). The summed E-state index contributed by atoms with van der Waals surface area (Å²) in [6.45, 7) is 0.278. The van der Waals surface area contributed by atoms with Gasteiger partial charge in [-0.25, -0.2) is 0 Å². The van der Waals surface area contributed by atoms with Crippen molar-refractivity contribution in [1.82, 2.24) is 0 Å². The largest absolute Gasteiger partial charge is 0.493 e. The highest BCUT2D eigenvalue weighted by molar-refractivity contribution is 6.05. The molecule has 0 atom stereocenters. The van der Waals surface area contributed by atoms with Crippen LogP contribution in [0.2, 0.25) is 0 Å². The van der Waals surface area contributed by atoms with Gasteiger partial charge in [-0.05, 0) is 61.1 Å². The smallest absolute Gasteiger partial charge is 0.416 e. The van der Waals surface area contributed by atoms with E-state index in [-0.39, 0.29) is 18.1 Å². The number of nitrogens with one attached hydrogen (secondary N) is 1. The fraction of sp³-hybridized carbons (Fsp3) is 0.304. The van der Waals surface area contributed by atoms with Crippen molar-refractivity contribution in [3.8, 4) is 5.75 Å². The molecule has 0 saturated heterocycles. The lowest BCUT2D eigenvalue weighted by Crippen LogP contribution is -2.13. The fourth-order valence-corrected chi connectivity index (χ4v) is 3.86. The van der Waals surface area contributed by atoms with Crippen molar-refractivity contribution < 1.29 is 27.5 Å². The van der Waals surface area contributed by atoms with E-state index in [4.69, 9.17) is 4.74 Å². The van der Waals surface area contributed by atoms with E-state index < -0.39 is 17.6 Å². The quantitative estimate of drug-likeness (QED) is 0.667. The number of halogens is 3. The molecule has 1 aliphatic carbocycles. The van der Waals surface area contributed by atoms with Crippen molar-refractivity contribution in [2.45, 2.75) is 38.3 Å². The van der Waals surface area contributed by atoms with Crippen LogP contribution in [0, 0.1) is 0 Å². The second-order valence-electron chi connectivity index (χ2n) is 7.47. The highest BCUT2D eigenvalue weighted by Crippen LogP contribution is 2.38. The van der Waals surface area contributed by atoms with Gasteiger partial charge in [0.2, 0.25) is 5.91 Å². The fourth-order valence-electron chi connectivity index (χ4n) is 3.86. The Bertz CT molecular complexity index is 1040. The summed E-state index contributed by atoms with van der Waals surface area (Å²) >= 11 is 0. The van der Waals surface area contributed by atoms with Crippen LogP contribution >= 0.6 is 0 Å². The van der Waals surface area contributed by atoms with E-state index in [1.807, 2.05) is 6.07 Å². The van der Waals surface area contributed by atoms with Gasteiger partial charge in [0, 0.05) is 29.3 Å². The van der Waals surface area contributed by atoms with Crippen molar-refractivity contribution >= 4 is 23.0 Å². The third-order valence-corrected chi connectivity index (χ3v) is 5.34. The lowest BCUT2D eigenvalue weighted by atomic mass is 9.90. The predicted octanol–water partition coefficient (Wildman–Crippen LogP) is 5.42. The molecule has 0 unspecified atom stereocenters. The number of hydrogen-bond donors (Lipinski definition) is 1. The number of amides is 1. The molecule has 7 heteroatoms. The van der Waals surface area contributed by atoms with Crippen LogP contribution in [0.4, 0.5) is 18.9 Å². The lowest BCUT2D eigenvalue weighted by Gasteiger charge is -2.16. The van der Waals surface area contributed by atoms with Gasteiger partial charge in [0.05, 0.1) is 12.2 Å². The first-order valence-electron chi connectivity index (χ1n) is 9.83. The summed E-state index contributed by atoms with van der Waals surface area (Å²) in [4.78, 5) is 24.7. The maximum absolute atomic E-state index is 13.0. The highest BCUT2D eigenvalue weighted by atomic mass is 19.4. The number of hydrogen-bond acceptors (Lipinski definition) is 3. The molecule has 0 aromatic heterocycles. The summed E-state index contributed by atoms with van der Waals surface area (Å²) in [5, 5.41) is 2.76. The van der Waals surface area contributed by atoms with Crippen LogP contribution in [-0.4, -0.2) is 18.3 Å². The summed E-state index contributed by atoms with van der Waals surface area (Å²) < 4.78 is 44.5. The molecule has 156 valence electrons. The number of anilines is 1. The molecule has 0 bridgehead atoms. The molecule has 2 aromatic rings. The first kappa shape index (κ1) is 20.2. The summed E-state index contributed by atoms with van der Waals surface area (Å²) in [6.07, 6.45) is 0.206. The summed E-state index contributed by atoms with van der Waals surface area (Å²) in [6, 6.07) is 8.61. The van der Waals surface area contributed by atoms with Gasteiger partial charge in [-0.1, -0.05) is 12.1 Å². The third-order valence-electron chi connectivity index (χ3n) is 5.34. The van der Waals surface area contributed by atoms with Crippen molar-refractivity contribution in [3.63, 3.8) is 0 Å². The molecule has 0 saturated carbocycles. The summed E-state index contributed by atoms with van der Waals surface area (Å²) in [5.41, 5.74) is 2.45. The van der Waals surface area contributed by atoms with Gasteiger partial charge in [-0.3, -0.25) is 9.59 Å². The predicted molar refractivity (Wildman–Crippen MR) is 106 cm³/mol. The topological polar surface area (TPSA) is 55.4 Å². The summed E-state index contributed by atoms with van der Waals surface area (Å²) in [7, 11) is 0. The van der Waals surface area contributed by atoms with E-state index >= 15 is 0 Å². The number of benzene rings is 2. The Labute approximate surface area is 171 Å². The monoisotopic (exact) mass is 415 g/mol. The SMILES string of the molecule is O=C(/C=C1\CCCOc2cc(C(F)(F)F)ccc21)Nc1ccc2c(c1)C(=O)CCC2. The number of ketones is 1. The maximum atomic E-state index is 13.0. The normalized spacial score (nSPS) is 17.6. The van der Waals surface area contributed by atoms with Gasteiger partial charge in [0.15, 0.2) is 5.78 Å². The van der Waals surface area contributed by atoms with E-state index in [1.165, 1.54) is 12.1 Å². The molecule has 0 radical (unpaired) electrons. The Morgan fingerprint density at radius 3 is 2.63 bits per heavy atom. The molecule has 2 aromatic carbocycles. The number of ether oxygens (including phenoxy) is 1. The van der Waals surface area contributed by atoms with E-state index in [0.29, 0.717) is 41.6 Å². The molecular weight excluding hydrogens is 395 g/mol. The Kier molecular flexibility index (Phi) is 5.37. The molecule has 1 amide bonds. The number of alkyl halides is 3. The number of fused-ring (bicyclic) bond motifs is 2. The van der Waals surface area contributed by atoms with Gasteiger partial charge in [-0.2, -0.15) is 13.2 Å². The number of aryl methyl sites for hydroxylation is 1. The van der Waals surface area contributed by atoms with Crippen molar-refractivity contribution in [2.75, 3.05) is 11.9 Å². The zero-order valence-electron chi connectivity index (χ0n) is 16.1. The van der Waals surface area contributed by atoms with Crippen LogP contribution in [0.1, 0.15) is 52.7 Å². The Morgan fingerprint density at radius 1 is 1.00 bits per heavy atom. The van der Waals surface area contributed by atoms with Crippen LogP contribution in [-0.2, 0) is 17.4 Å². The molecule has 4 nitrogen and oxygen atoms in total. The van der Waals surface area contributed by atoms with Crippen LogP contribution in [0.25, 0.3) is 5.57 Å². The minimum Gasteiger partial charge on any atom is -0.493 e. The van der Waals surface area contributed by atoms with Gasteiger partial charge < -0.3 is 10.1 Å². The minimum atomic E-state index is -4.46. The number of carbonyl (C=O) groups excluding carboxylic acids is 2. The Hall–Kier alpha value is -3.09. The molecule has 2 aliphatic rings. The number of allylic oxidation sites excluding steroid dienone is 1. The van der Waals surface area contributed by atoms with E-state index in [0.717, 1.165) is 30.5 Å². The average Bonchev–Trinajstić information content (AvgIpc) is 2.90. The lowest BCUT2D eigenvalue weighted by molar-refractivity contribution is -0.137. The highest BCUT2D eigenvalue weighted by Gasteiger charge is 2.32. The minimum absolute atomic E-state index is 0.0704. The molecule has 1 heterocycles. The Balaban J connectivity index is 1.58. The molecule has 0 spiro atoms. The molecular formula is C23H20F3NO3. The van der Waals surface area contributed by atoms with Gasteiger partial charge in [-0.15, -0.1) is 0 Å². The van der Waals surface area contributed by atoms with Crippen LogP contribution < -0.4 is 10.1 Å². The number of carbonyl (C=O) groups is 2. The van der Waals surface area contributed by atoms with Gasteiger partial charge >= 0.3 is 6.18 Å². The van der Waals surface area contributed by atoms with Crippen LogP contribution in [0.3, 0.4) is 0 Å². The molecule has 0 fully saturated rings. The molecule has 1 N–H and O–H groups in total. The molecule has 1 aliphatic heterocycles. The van der Waals surface area contributed by atoms with Crippen molar-refractivity contribution in [1.29, 1.82) is 0 Å². The first-order valence-corrected chi connectivity index (χ1v) is 9.83. The maximum Gasteiger partial charge on any atom is 0.416 e. The summed E-state index contributed by atoms with van der Waals surface area (Å²) in [5.74, 6) is -0.206. The van der Waals surface area contributed by atoms with Crippen molar-refractivity contribution in [2.24, 2.45) is 0 Å². The second kappa shape index (κ2) is 7.97. The number of rotatable bonds is 2. The van der Waals surface area contributed by atoms with E-state index in [9.17, 15) is 22.8 Å². The van der Waals surface area contributed by atoms with Gasteiger partial charge in [0.1, 0.15) is 5.75 Å². The van der Waals surface area contributed by atoms with E-state index in [1.54, 1.807) is 12.1 Å².